The van der Waals surface area contributed by atoms with Gasteiger partial charge in [-0.2, -0.15) is 5.26 Å². The number of aromatic nitrogens is 1. The highest BCUT2D eigenvalue weighted by molar-refractivity contribution is 5.94. The number of nitriles is 1. The third-order valence-electron chi connectivity index (χ3n) is 3.86. The van der Waals surface area contributed by atoms with Crippen molar-refractivity contribution in [2.75, 3.05) is 11.9 Å². The summed E-state index contributed by atoms with van der Waals surface area (Å²) < 4.78 is 27.4. The number of hydrogen-bond acceptors (Lipinski definition) is 4. The van der Waals surface area contributed by atoms with Gasteiger partial charge in [-0.05, 0) is 18.9 Å². The van der Waals surface area contributed by atoms with Gasteiger partial charge in [0.2, 0.25) is 5.91 Å². The second-order valence-corrected chi connectivity index (χ2v) is 5.48. The average molecular weight is 316 g/mol. The van der Waals surface area contributed by atoms with E-state index in [0.29, 0.717) is 18.7 Å². The quantitative estimate of drug-likeness (QED) is 0.912. The molecule has 3 rings (SSSR count). The molecule has 1 aromatic carbocycles. The third-order valence-corrected chi connectivity index (χ3v) is 3.86. The standard InChI is InChI=1S/C16H14F2N4O/c17-10-4-12-15(21-8-11-2-1-3-14(23)22-11)9(6-19)7-20-16(12)13(18)5-10/h4-5,7,11H,1-3,8H2,(H,20,21)(H,22,23)/t11-/m1/s1. The van der Waals surface area contributed by atoms with Crippen molar-refractivity contribution in [3.63, 3.8) is 0 Å². The zero-order valence-corrected chi connectivity index (χ0v) is 12.2. The Morgan fingerprint density at radius 3 is 3.00 bits per heavy atom. The average Bonchev–Trinajstić information content (AvgIpc) is 2.52. The Morgan fingerprint density at radius 2 is 2.26 bits per heavy atom. The number of amides is 1. The predicted octanol–water partition coefficient (Wildman–Crippen LogP) is 2.47. The largest absolute Gasteiger partial charge is 0.381 e. The Balaban J connectivity index is 1.95. The van der Waals surface area contributed by atoms with Gasteiger partial charge in [-0.1, -0.05) is 0 Å². The van der Waals surface area contributed by atoms with Crippen LogP contribution in [0.4, 0.5) is 14.5 Å². The fourth-order valence-corrected chi connectivity index (χ4v) is 2.76. The number of anilines is 1. The molecule has 1 aliphatic rings. The van der Waals surface area contributed by atoms with E-state index in [0.717, 1.165) is 25.0 Å². The van der Waals surface area contributed by atoms with Crippen LogP contribution in [0.25, 0.3) is 10.9 Å². The van der Waals surface area contributed by atoms with Crippen LogP contribution in [-0.4, -0.2) is 23.5 Å². The highest BCUT2D eigenvalue weighted by Crippen LogP contribution is 2.28. The van der Waals surface area contributed by atoms with Gasteiger partial charge in [-0.25, -0.2) is 8.78 Å². The molecule has 1 amide bonds. The first-order valence-electron chi connectivity index (χ1n) is 7.29. The van der Waals surface area contributed by atoms with Gasteiger partial charge in [0.15, 0.2) is 5.82 Å². The lowest BCUT2D eigenvalue weighted by Crippen LogP contribution is -2.42. The highest BCUT2D eigenvalue weighted by Gasteiger charge is 2.19. The zero-order valence-electron chi connectivity index (χ0n) is 12.2. The van der Waals surface area contributed by atoms with Crippen molar-refractivity contribution in [2.45, 2.75) is 25.3 Å². The Morgan fingerprint density at radius 1 is 1.43 bits per heavy atom. The second-order valence-electron chi connectivity index (χ2n) is 5.48. The van der Waals surface area contributed by atoms with Crippen LogP contribution in [0.2, 0.25) is 0 Å². The first-order valence-corrected chi connectivity index (χ1v) is 7.29. The SMILES string of the molecule is N#Cc1cnc2c(F)cc(F)cc2c1NC[C@H]1CCCC(=O)N1. The van der Waals surface area contributed by atoms with Gasteiger partial charge in [0.05, 0.1) is 11.3 Å². The van der Waals surface area contributed by atoms with Crippen molar-refractivity contribution in [1.82, 2.24) is 10.3 Å². The molecular weight excluding hydrogens is 302 g/mol. The van der Waals surface area contributed by atoms with Crippen LogP contribution in [0, 0.1) is 23.0 Å². The number of nitrogens with one attached hydrogen (secondary N) is 2. The number of benzene rings is 1. The molecule has 7 heteroatoms. The zero-order chi connectivity index (χ0) is 16.4. The lowest BCUT2D eigenvalue weighted by atomic mass is 10.0. The molecule has 2 heterocycles. The summed E-state index contributed by atoms with van der Waals surface area (Å²) in [5.74, 6) is -1.53. The molecule has 2 N–H and O–H groups in total. The Labute approximate surface area is 131 Å². The number of nitrogens with zero attached hydrogens (tertiary/aromatic N) is 2. The van der Waals surface area contributed by atoms with Crippen molar-refractivity contribution >= 4 is 22.5 Å². The Kier molecular flexibility index (Phi) is 4.06. The van der Waals surface area contributed by atoms with Crippen LogP contribution in [0.5, 0.6) is 0 Å². The summed E-state index contributed by atoms with van der Waals surface area (Å²) in [6, 6.07) is 3.79. The normalized spacial score (nSPS) is 17.6. The van der Waals surface area contributed by atoms with E-state index >= 15 is 0 Å². The maximum atomic E-state index is 13.8. The minimum Gasteiger partial charge on any atom is -0.381 e. The summed E-state index contributed by atoms with van der Waals surface area (Å²) in [6.07, 6.45) is 3.37. The molecule has 0 aliphatic carbocycles. The Bertz CT molecular complexity index is 816. The fraction of sp³-hybridized carbons (Fsp3) is 0.312. The van der Waals surface area contributed by atoms with Crippen molar-refractivity contribution < 1.29 is 13.6 Å². The molecular formula is C16H14F2N4O. The van der Waals surface area contributed by atoms with E-state index in [2.05, 4.69) is 15.6 Å². The monoisotopic (exact) mass is 316 g/mol. The van der Waals surface area contributed by atoms with Gasteiger partial charge in [-0.15, -0.1) is 0 Å². The molecule has 1 aromatic heterocycles. The maximum Gasteiger partial charge on any atom is 0.220 e. The molecule has 0 bridgehead atoms. The highest BCUT2D eigenvalue weighted by atomic mass is 19.1. The molecule has 1 aliphatic heterocycles. The molecule has 0 spiro atoms. The first-order chi connectivity index (χ1) is 11.1. The van der Waals surface area contributed by atoms with E-state index in [-0.39, 0.29) is 28.4 Å². The molecule has 0 saturated carbocycles. The minimum atomic E-state index is -0.779. The van der Waals surface area contributed by atoms with Crippen LogP contribution >= 0.6 is 0 Å². The van der Waals surface area contributed by atoms with Crippen LogP contribution in [-0.2, 0) is 4.79 Å². The maximum absolute atomic E-state index is 13.8. The number of rotatable bonds is 3. The van der Waals surface area contributed by atoms with E-state index in [1.807, 2.05) is 6.07 Å². The smallest absolute Gasteiger partial charge is 0.220 e. The molecule has 0 radical (unpaired) electrons. The number of carbonyl (C=O) groups excluding carboxylic acids is 1. The van der Waals surface area contributed by atoms with Gasteiger partial charge in [0.25, 0.3) is 0 Å². The summed E-state index contributed by atoms with van der Waals surface area (Å²) in [6.45, 7) is 0.373. The first kappa shape index (κ1) is 15.2. The molecule has 5 nitrogen and oxygen atoms in total. The molecule has 0 unspecified atom stereocenters. The molecule has 1 fully saturated rings. The molecule has 1 saturated heterocycles. The van der Waals surface area contributed by atoms with Gasteiger partial charge in [0.1, 0.15) is 17.4 Å². The van der Waals surface area contributed by atoms with Gasteiger partial charge < -0.3 is 10.6 Å². The second kappa shape index (κ2) is 6.16. The number of piperidine rings is 1. The van der Waals surface area contributed by atoms with E-state index in [4.69, 9.17) is 0 Å². The summed E-state index contributed by atoms with van der Waals surface area (Å²) in [5, 5.41) is 15.3. The summed E-state index contributed by atoms with van der Waals surface area (Å²) in [7, 11) is 0. The number of hydrogen-bond donors (Lipinski definition) is 2. The molecule has 2 aromatic rings. The van der Waals surface area contributed by atoms with Crippen molar-refractivity contribution in [1.29, 1.82) is 5.26 Å². The van der Waals surface area contributed by atoms with Crippen molar-refractivity contribution in [3.05, 3.63) is 35.5 Å². The summed E-state index contributed by atoms with van der Waals surface area (Å²) in [4.78, 5) is 15.3. The topological polar surface area (TPSA) is 77.8 Å². The predicted molar refractivity (Wildman–Crippen MR) is 80.6 cm³/mol. The number of fused-ring (bicyclic) bond motifs is 1. The van der Waals surface area contributed by atoms with E-state index in [9.17, 15) is 18.8 Å². The van der Waals surface area contributed by atoms with Crippen LogP contribution in [0.3, 0.4) is 0 Å². The lowest BCUT2D eigenvalue weighted by Gasteiger charge is -2.24. The number of pyridine rings is 1. The summed E-state index contributed by atoms with van der Waals surface area (Å²) in [5.41, 5.74) is 0.529. The fourth-order valence-electron chi connectivity index (χ4n) is 2.76. The van der Waals surface area contributed by atoms with Gasteiger partial charge in [-0.3, -0.25) is 9.78 Å². The number of halogens is 2. The van der Waals surface area contributed by atoms with Crippen LogP contribution in [0.1, 0.15) is 24.8 Å². The van der Waals surface area contributed by atoms with Crippen LogP contribution in [0.15, 0.2) is 18.3 Å². The number of carbonyl (C=O) groups is 1. The van der Waals surface area contributed by atoms with Gasteiger partial charge in [0, 0.05) is 36.7 Å². The van der Waals surface area contributed by atoms with E-state index in [1.54, 1.807) is 0 Å². The van der Waals surface area contributed by atoms with E-state index in [1.165, 1.54) is 6.20 Å². The third kappa shape index (κ3) is 3.06. The Hall–Kier alpha value is -2.75. The van der Waals surface area contributed by atoms with E-state index < -0.39 is 11.6 Å². The molecule has 118 valence electrons. The minimum absolute atomic E-state index is 0.000537. The van der Waals surface area contributed by atoms with Crippen LogP contribution < -0.4 is 10.6 Å². The lowest BCUT2D eigenvalue weighted by molar-refractivity contribution is -0.123. The van der Waals surface area contributed by atoms with Gasteiger partial charge >= 0.3 is 0 Å². The molecule has 23 heavy (non-hydrogen) atoms. The van der Waals surface area contributed by atoms with Crippen molar-refractivity contribution in [2.24, 2.45) is 0 Å². The molecule has 1 atom stereocenters. The summed E-state index contributed by atoms with van der Waals surface area (Å²) >= 11 is 0. The van der Waals surface area contributed by atoms with Crippen molar-refractivity contribution in [3.8, 4) is 6.07 Å².